The number of hydrogen-bond donors (Lipinski definition) is 0. The third-order valence-corrected chi connectivity index (χ3v) is 6.00. The highest BCUT2D eigenvalue weighted by Crippen LogP contribution is 2.64. The Morgan fingerprint density at radius 1 is 0.947 bits per heavy atom. The minimum absolute atomic E-state index is 0.349. The van der Waals surface area contributed by atoms with Crippen LogP contribution in [-0.2, 0) is 0 Å². The predicted octanol–water partition coefficient (Wildman–Crippen LogP) is 4.62. The molecule has 98 valence electrons. The van der Waals surface area contributed by atoms with E-state index in [-0.39, 0.29) is 0 Å². The van der Waals surface area contributed by atoms with Gasteiger partial charge in [-0.05, 0) is 67.3 Å². The standard InChI is InChI=1S/C19H22/c1-2-18(17-6-4-3-5-7-17)19-11-14-8-15(12-19)10-16(9-14)13-19/h1,3-7,14-16,18H,8-13H2. The fourth-order valence-corrected chi connectivity index (χ4v) is 5.80. The first kappa shape index (κ1) is 11.6. The third kappa shape index (κ3) is 1.75. The average Bonchev–Trinajstić information content (AvgIpc) is 2.38. The van der Waals surface area contributed by atoms with E-state index in [1.807, 2.05) is 0 Å². The van der Waals surface area contributed by atoms with E-state index in [1.54, 1.807) is 0 Å². The second-order valence-electron chi connectivity index (χ2n) is 7.29. The summed E-state index contributed by atoms with van der Waals surface area (Å²) in [6.45, 7) is 0. The van der Waals surface area contributed by atoms with E-state index in [0.717, 1.165) is 17.8 Å². The summed E-state index contributed by atoms with van der Waals surface area (Å²) >= 11 is 0. The molecule has 0 aliphatic heterocycles. The highest BCUT2D eigenvalue weighted by molar-refractivity contribution is 5.31. The number of terminal acetylenes is 1. The monoisotopic (exact) mass is 250 g/mol. The van der Waals surface area contributed by atoms with Crippen LogP contribution in [0.25, 0.3) is 0 Å². The highest BCUT2D eigenvalue weighted by Gasteiger charge is 2.54. The first-order valence-corrected chi connectivity index (χ1v) is 7.80. The summed E-state index contributed by atoms with van der Waals surface area (Å²) in [5, 5.41) is 0. The smallest absolute Gasteiger partial charge is 0.0506 e. The molecule has 0 radical (unpaired) electrons. The van der Waals surface area contributed by atoms with E-state index in [4.69, 9.17) is 6.42 Å². The van der Waals surface area contributed by atoms with Crippen LogP contribution in [0.2, 0.25) is 0 Å². The van der Waals surface area contributed by atoms with E-state index >= 15 is 0 Å². The second kappa shape index (κ2) is 4.14. The molecule has 0 aromatic heterocycles. The summed E-state index contributed by atoms with van der Waals surface area (Å²) in [6, 6.07) is 10.9. The molecule has 19 heavy (non-hydrogen) atoms. The van der Waals surface area contributed by atoms with Gasteiger partial charge in [-0.25, -0.2) is 0 Å². The first-order chi connectivity index (χ1) is 9.29. The second-order valence-corrected chi connectivity index (χ2v) is 7.29. The van der Waals surface area contributed by atoms with Crippen molar-refractivity contribution in [3.05, 3.63) is 35.9 Å². The molecule has 5 rings (SSSR count). The lowest BCUT2D eigenvalue weighted by Crippen LogP contribution is -2.48. The van der Waals surface area contributed by atoms with Gasteiger partial charge in [0.25, 0.3) is 0 Å². The van der Waals surface area contributed by atoms with Gasteiger partial charge in [0, 0.05) is 0 Å². The van der Waals surface area contributed by atoms with Crippen LogP contribution in [0.5, 0.6) is 0 Å². The number of benzene rings is 1. The van der Waals surface area contributed by atoms with Crippen LogP contribution in [0.3, 0.4) is 0 Å². The third-order valence-electron chi connectivity index (χ3n) is 6.00. The summed E-state index contributed by atoms with van der Waals surface area (Å²) in [4.78, 5) is 0. The molecule has 1 unspecified atom stereocenters. The summed E-state index contributed by atoms with van der Waals surface area (Å²) in [7, 11) is 0. The van der Waals surface area contributed by atoms with E-state index in [9.17, 15) is 0 Å². The van der Waals surface area contributed by atoms with Crippen LogP contribution in [-0.4, -0.2) is 0 Å². The fourth-order valence-electron chi connectivity index (χ4n) is 5.80. The van der Waals surface area contributed by atoms with Crippen LogP contribution in [0.1, 0.15) is 50.0 Å². The van der Waals surface area contributed by atoms with Gasteiger partial charge in [0.2, 0.25) is 0 Å². The van der Waals surface area contributed by atoms with Crippen molar-refractivity contribution in [1.29, 1.82) is 0 Å². The lowest BCUT2D eigenvalue weighted by atomic mass is 9.46. The zero-order valence-corrected chi connectivity index (χ0v) is 11.5. The molecule has 0 N–H and O–H groups in total. The van der Waals surface area contributed by atoms with Crippen molar-refractivity contribution in [2.24, 2.45) is 23.2 Å². The molecular weight excluding hydrogens is 228 g/mol. The molecule has 0 spiro atoms. The van der Waals surface area contributed by atoms with Gasteiger partial charge in [0.05, 0.1) is 5.92 Å². The Bertz CT molecular complexity index is 469. The zero-order valence-electron chi connectivity index (χ0n) is 11.5. The highest BCUT2D eigenvalue weighted by atomic mass is 14.6. The first-order valence-electron chi connectivity index (χ1n) is 7.80. The molecule has 0 heterocycles. The van der Waals surface area contributed by atoms with E-state index < -0.39 is 0 Å². The maximum absolute atomic E-state index is 5.98. The average molecular weight is 250 g/mol. The molecule has 0 saturated heterocycles. The molecule has 0 nitrogen and oxygen atoms in total. The number of rotatable bonds is 2. The molecular formula is C19H22. The van der Waals surface area contributed by atoms with Crippen molar-refractivity contribution >= 4 is 0 Å². The zero-order chi connectivity index (χ0) is 12.9. The lowest BCUT2D eigenvalue weighted by molar-refractivity contribution is -0.0591. The van der Waals surface area contributed by atoms with Crippen molar-refractivity contribution in [3.8, 4) is 12.3 Å². The molecule has 4 saturated carbocycles. The van der Waals surface area contributed by atoms with Crippen LogP contribution in [0.4, 0.5) is 0 Å². The molecule has 1 aromatic rings. The molecule has 1 aromatic carbocycles. The van der Waals surface area contributed by atoms with Gasteiger partial charge >= 0.3 is 0 Å². The van der Waals surface area contributed by atoms with Gasteiger partial charge in [-0.1, -0.05) is 36.3 Å². The summed E-state index contributed by atoms with van der Waals surface area (Å²) in [6.07, 6.45) is 14.6. The van der Waals surface area contributed by atoms with E-state index in [1.165, 1.54) is 44.1 Å². The van der Waals surface area contributed by atoms with Crippen molar-refractivity contribution in [2.45, 2.75) is 44.4 Å². The SMILES string of the molecule is C#CC(c1ccccc1)C12CC3CC(CC(C3)C1)C2. The van der Waals surface area contributed by atoms with Gasteiger partial charge < -0.3 is 0 Å². The summed E-state index contributed by atoms with van der Waals surface area (Å²) in [5.74, 6) is 6.46. The molecule has 4 aliphatic carbocycles. The quantitative estimate of drug-likeness (QED) is 0.672. The Morgan fingerprint density at radius 2 is 1.47 bits per heavy atom. The maximum Gasteiger partial charge on any atom is 0.0506 e. The van der Waals surface area contributed by atoms with E-state index in [2.05, 4.69) is 36.3 Å². The van der Waals surface area contributed by atoms with Crippen LogP contribution in [0, 0.1) is 35.5 Å². The van der Waals surface area contributed by atoms with Crippen molar-refractivity contribution in [3.63, 3.8) is 0 Å². The van der Waals surface area contributed by atoms with Gasteiger partial charge in [0.15, 0.2) is 0 Å². The molecule has 0 heteroatoms. The molecule has 4 aliphatic rings. The van der Waals surface area contributed by atoms with Crippen molar-refractivity contribution < 1.29 is 0 Å². The van der Waals surface area contributed by atoms with Gasteiger partial charge in [-0.15, -0.1) is 6.42 Å². The largest absolute Gasteiger partial charge is 0.119 e. The normalized spacial score (nSPS) is 40.9. The number of hydrogen-bond acceptors (Lipinski definition) is 0. The topological polar surface area (TPSA) is 0 Å². The van der Waals surface area contributed by atoms with Crippen molar-refractivity contribution in [2.75, 3.05) is 0 Å². The molecule has 1 atom stereocenters. The lowest BCUT2D eigenvalue weighted by Gasteiger charge is -2.58. The Kier molecular flexibility index (Phi) is 2.52. The van der Waals surface area contributed by atoms with Gasteiger partial charge in [-0.2, -0.15) is 0 Å². The Labute approximate surface area is 116 Å². The minimum Gasteiger partial charge on any atom is -0.119 e. The Balaban J connectivity index is 1.72. The molecule has 0 amide bonds. The van der Waals surface area contributed by atoms with Crippen molar-refractivity contribution in [1.82, 2.24) is 0 Å². The maximum atomic E-state index is 5.98. The van der Waals surface area contributed by atoms with Gasteiger partial charge in [-0.3, -0.25) is 0 Å². The Morgan fingerprint density at radius 3 is 1.95 bits per heavy atom. The molecule has 4 fully saturated rings. The predicted molar refractivity (Wildman–Crippen MR) is 78.6 cm³/mol. The van der Waals surface area contributed by atoms with Crippen LogP contribution < -0.4 is 0 Å². The van der Waals surface area contributed by atoms with Gasteiger partial charge in [0.1, 0.15) is 0 Å². The Hall–Kier alpha value is -1.22. The minimum atomic E-state index is 0.349. The summed E-state index contributed by atoms with van der Waals surface area (Å²) < 4.78 is 0. The van der Waals surface area contributed by atoms with E-state index in [0.29, 0.717) is 11.3 Å². The summed E-state index contributed by atoms with van der Waals surface area (Å²) in [5.41, 5.74) is 1.82. The van der Waals surface area contributed by atoms with Crippen LogP contribution in [0.15, 0.2) is 30.3 Å². The fraction of sp³-hybridized carbons (Fsp3) is 0.579. The van der Waals surface area contributed by atoms with Crippen LogP contribution >= 0.6 is 0 Å². The molecule has 4 bridgehead atoms.